The number of rotatable bonds is 9. The molecule has 0 fully saturated rings. The lowest BCUT2D eigenvalue weighted by atomic mass is 10.2. The zero-order chi connectivity index (χ0) is 24.0. The van der Waals surface area contributed by atoms with Gasteiger partial charge >= 0.3 is 0 Å². The normalized spacial score (nSPS) is 10.7. The van der Waals surface area contributed by atoms with Gasteiger partial charge in [-0.2, -0.15) is 0 Å². The molecule has 0 unspecified atom stereocenters. The molecule has 0 aliphatic rings. The summed E-state index contributed by atoms with van der Waals surface area (Å²) < 4.78 is 28.9. The van der Waals surface area contributed by atoms with Crippen molar-refractivity contribution < 1.29 is 18.4 Å². The summed E-state index contributed by atoms with van der Waals surface area (Å²) in [5.41, 5.74) is 0.291. The number of halogens is 4. The fourth-order valence-electron chi connectivity index (χ4n) is 2.70. The number of hydrogen-bond donors (Lipinski definition) is 2. The maximum absolute atomic E-state index is 13.9. The fraction of sp³-hybridized carbons (Fsp3) is 0.143. The molecule has 0 atom stereocenters. The van der Waals surface area contributed by atoms with Crippen LogP contribution >= 0.6 is 39.3 Å². The molecule has 172 valence electrons. The lowest BCUT2D eigenvalue weighted by Gasteiger charge is -2.10. The first kappa shape index (κ1) is 24.9. The maximum Gasteiger partial charge on any atom is 0.251 e. The van der Waals surface area contributed by atoms with E-state index in [1.807, 2.05) is 0 Å². The van der Waals surface area contributed by atoms with Crippen LogP contribution in [0.1, 0.15) is 16.2 Å². The van der Waals surface area contributed by atoms with E-state index in [1.54, 1.807) is 34.9 Å². The Morgan fingerprint density at radius 1 is 1.21 bits per heavy atom. The van der Waals surface area contributed by atoms with E-state index in [2.05, 4.69) is 43.3 Å². The second kappa shape index (κ2) is 11.4. The van der Waals surface area contributed by atoms with Gasteiger partial charge in [-0.15, -0.1) is 16.8 Å². The molecule has 1 heterocycles. The predicted octanol–water partition coefficient (Wildman–Crippen LogP) is 4.82. The summed E-state index contributed by atoms with van der Waals surface area (Å²) in [6, 6.07) is 8.18. The van der Waals surface area contributed by atoms with Gasteiger partial charge in [0.1, 0.15) is 5.82 Å². The van der Waals surface area contributed by atoms with Crippen molar-refractivity contribution in [1.29, 1.82) is 0 Å². The van der Waals surface area contributed by atoms with Crippen LogP contribution in [0.15, 0.2) is 58.7 Å². The largest absolute Gasteiger partial charge is 0.345 e. The highest BCUT2D eigenvalue weighted by Gasteiger charge is 2.17. The number of amides is 2. The quantitative estimate of drug-likeness (QED) is 0.291. The average Bonchev–Trinajstić information content (AvgIpc) is 3.15. The molecule has 0 bridgehead atoms. The minimum absolute atomic E-state index is 0.0897. The highest BCUT2D eigenvalue weighted by atomic mass is 79.9. The van der Waals surface area contributed by atoms with E-state index in [0.717, 1.165) is 17.8 Å². The van der Waals surface area contributed by atoms with Crippen LogP contribution in [-0.4, -0.2) is 32.3 Å². The van der Waals surface area contributed by atoms with Gasteiger partial charge in [-0.1, -0.05) is 29.4 Å². The molecular formula is C21H17BrClF2N5O2S. The molecule has 7 nitrogen and oxygen atoms in total. The van der Waals surface area contributed by atoms with Gasteiger partial charge in [0.2, 0.25) is 5.91 Å². The van der Waals surface area contributed by atoms with Crippen LogP contribution in [0.2, 0.25) is 5.02 Å². The minimum Gasteiger partial charge on any atom is -0.345 e. The highest BCUT2D eigenvalue weighted by Crippen LogP contribution is 2.27. The van der Waals surface area contributed by atoms with Crippen molar-refractivity contribution in [2.45, 2.75) is 18.2 Å². The average molecular weight is 557 g/mol. The molecule has 0 aliphatic carbocycles. The Bertz CT molecular complexity index is 1170. The van der Waals surface area contributed by atoms with Gasteiger partial charge in [0.05, 0.1) is 18.0 Å². The van der Waals surface area contributed by atoms with Crippen LogP contribution in [0, 0.1) is 11.6 Å². The molecule has 3 rings (SSSR count). The smallest absolute Gasteiger partial charge is 0.251 e. The molecule has 2 aromatic carbocycles. The second-order valence-electron chi connectivity index (χ2n) is 6.57. The summed E-state index contributed by atoms with van der Waals surface area (Å²) in [5, 5.41) is 14.3. The number of carbonyl (C=O) groups excluding carboxylic acids is 2. The van der Waals surface area contributed by atoms with E-state index < -0.39 is 17.5 Å². The van der Waals surface area contributed by atoms with Crippen LogP contribution < -0.4 is 10.6 Å². The first-order chi connectivity index (χ1) is 15.8. The zero-order valence-electron chi connectivity index (χ0n) is 16.9. The van der Waals surface area contributed by atoms with Crippen molar-refractivity contribution in [3.63, 3.8) is 0 Å². The van der Waals surface area contributed by atoms with Crippen molar-refractivity contribution >= 4 is 56.8 Å². The number of allylic oxidation sites excluding steroid dienone is 1. The fourth-order valence-corrected chi connectivity index (χ4v) is 4.10. The van der Waals surface area contributed by atoms with Gasteiger partial charge in [-0.05, 0) is 46.3 Å². The van der Waals surface area contributed by atoms with E-state index in [0.29, 0.717) is 34.2 Å². The Balaban J connectivity index is 1.63. The molecule has 33 heavy (non-hydrogen) atoms. The monoisotopic (exact) mass is 555 g/mol. The number of nitrogens with zero attached hydrogens (tertiary/aromatic N) is 3. The number of nitrogens with one attached hydrogen (secondary N) is 2. The van der Waals surface area contributed by atoms with E-state index in [4.69, 9.17) is 11.6 Å². The van der Waals surface area contributed by atoms with Crippen LogP contribution in [0.5, 0.6) is 0 Å². The molecular weight excluding hydrogens is 540 g/mol. The first-order valence-electron chi connectivity index (χ1n) is 9.42. The van der Waals surface area contributed by atoms with Gasteiger partial charge < -0.3 is 15.2 Å². The van der Waals surface area contributed by atoms with E-state index >= 15 is 0 Å². The number of hydrogen-bond acceptors (Lipinski definition) is 5. The van der Waals surface area contributed by atoms with Crippen molar-refractivity contribution in [3.05, 3.63) is 81.6 Å². The van der Waals surface area contributed by atoms with Crippen LogP contribution in [-0.2, 0) is 17.9 Å². The summed E-state index contributed by atoms with van der Waals surface area (Å²) in [6.07, 6.45) is 1.63. The van der Waals surface area contributed by atoms with Crippen molar-refractivity contribution in [3.8, 4) is 0 Å². The number of aromatic nitrogens is 3. The summed E-state index contributed by atoms with van der Waals surface area (Å²) in [6.45, 7) is 4.15. The van der Waals surface area contributed by atoms with Gasteiger partial charge in [0.15, 0.2) is 16.8 Å². The number of carbonyl (C=O) groups is 2. The van der Waals surface area contributed by atoms with Gasteiger partial charge in [0, 0.05) is 27.7 Å². The summed E-state index contributed by atoms with van der Waals surface area (Å²) in [7, 11) is 0. The third-order valence-electron chi connectivity index (χ3n) is 4.22. The summed E-state index contributed by atoms with van der Waals surface area (Å²) >= 11 is 9.94. The standard InChI is InChI=1S/C21H17BrClF2N5O2S/c1-2-7-30-17(10-26-20(32)12-3-5-13(23)6-4-12)28-29-21(30)33-11-18(31)27-19-15(22)8-14(24)9-16(19)25/h2-6,8-9H,1,7,10-11H2,(H,26,32)(H,27,31). The molecule has 0 saturated heterocycles. The summed E-state index contributed by atoms with van der Waals surface area (Å²) in [4.78, 5) is 24.6. The maximum atomic E-state index is 13.9. The Hall–Kier alpha value is -2.76. The van der Waals surface area contributed by atoms with Crippen LogP contribution in [0.3, 0.4) is 0 Å². The minimum atomic E-state index is -0.895. The van der Waals surface area contributed by atoms with Gasteiger partial charge in [-0.3, -0.25) is 9.59 Å². The Kier molecular flexibility index (Phi) is 8.59. The van der Waals surface area contributed by atoms with Crippen LogP contribution in [0.4, 0.5) is 14.5 Å². The van der Waals surface area contributed by atoms with E-state index in [-0.39, 0.29) is 28.4 Å². The predicted molar refractivity (Wildman–Crippen MR) is 126 cm³/mol. The lowest BCUT2D eigenvalue weighted by Crippen LogP contribution is -2.24. The molecule has 3 aromatic rings. The molecule has 0 radical (unpaired) electrons. The van der Waals surface area contributed by atoms with Crippen LogP contribution in [0.25, 0.3) is 0 Å². The molecule has 2 amide bonds. The third kappa shape index (κ3) is 6.62. The molecule has 1 aromatic heterocycles. The molecule has 2 N–H and O–H groups in total. The highest BCUT2D eigenvalue weighted by molar-refractivity contribution is 9.10. The summed E-state index contributed by atoms with van der Waals surface area (Å²) in [5.74, 6) is -2.12. The molecule has 0 aliphatic heterocycles. The lowest BCUT2D eigenvalue weighted by molar-refractivity contribution is -0.113. The third-order valence-corrected chi connectivity index (χ3v) is 6.07. The molecule has 0 saturated carbocycles. The van der Waals surface area contributed by atoms with Crippen molar-refractivity contribution in [1.82, 2.24) is 20.1 Å². The number of anilines is 1. The topological polar surface area (TPSA) is 88.9 Å². The zero-order valence-corrected chi connectivity index (χ0v) is 20.1. The molecule has 0 spiro atoms. The Morgan fingerprint density at radius 2 is 1.94 bits per heavy atom. The first-order valence-corrected chi connectivity index (χ1v) is 11.6. The second-order valence-corrected chi connectivity index (χ2v) is 8.80. The van der Waals surface area contributed by atoms with Crippen molar-refractivity contribution in [2.75, 3.05) is 11.1 Å². The SMILES string of the molecule is C=CCn1c(CNC(=O)c2ccc(Cl)cc2)nnc1SCC(=O)Nc1c(F)cc(F)cc1Br. The number of benzene rings is 2. The van der Waals surface area contributed by atoms with Gasteiger partial charge in [0.25, 0.3) is 5.91 Å². The Morgan fingerprint density at radius 3 is 2.61 bits per heavy atom. The van der Waals surface area contributed by atoms with E-state index in [1.165, 1.54) is 0 Å². The Labute approximate surface area is 205 Å². The van der Waals surface area contributed by atoms with E-state index in [9.17, 15) is 18.4 Å². The van der Waals surface area contributed by atoms with Gasteiger partial charge in [-0.25, -0.2) is 8.78 Å². The number of thioether (sulfide) groups is 1. The molecule has 12 heteroatoms. The van der Waals surface area contributed by atoms with Crippen molar-refractivity contribution in [2.24, 2.45) is 0 Å².